The Hall–Kier alpha value is -2.36. The molecule has 4 heteroatoms. The molecule has 1 aromatic rings. The van der Waals surface area contributed by atoms with Gasteiger partial charge in [-0.25, -0.2) is 0 Å². The van der Waals surface area contributed by atoms with Gasteiger partial charge in [0.15, 0.2) is 17.3 Å². The van der Waals surface area contributed by atoms with E-state index in [0.717, 1.165) is 0 Å². The van der Waals surface area contributed by atoms with Gasteiger partial charge in [-0.1, -0.05) is 29.8 Å². The average Bonchev–Trinajstić information content (AvgIpc) is 2.64. The van der Waals surface area contributed by atoms with Crippen molar-refractivity contribution in [2.24, 2.45) is 5.92 Å². The van der Waals surface area contributed by atoms with Crippen LogP contribution in [0.3, 0.4) is 0 Å². The molecule has 4 nitrogen and oxygen atoms in total. The highest BCUT2D eigenvalue weighted by Gasteiger charge is 2.44. The molecule has 3 rings (SSSR count). The van der Waals surface area contributed by atoms with E-state index in [1.807, 2.05) is 0 Å². The minimum Gasteiger partial charge on any atom is -0.299 e. The first-order chi connectivity index (χ1) is 9.50. The molecule has 0 unspecified atom stereocenters. The molecule has 0 atom stereocenters. The third-order valence-corrected chi connectivity index (χ3v) is 3.85. The zero-order chi connectivity index (χ0) is 14.4. The van der Waals surface area contributed by atoms with Gasteiger partial charge in [0.2, 0.25) is 0 Å². The van der Waals surface area contributed by atoms with Gasteiger partial charge in [0.25, 0.3) is 0 Å². The standard InChI is InChI=1S/C16H12O4/c1-8-6-9(17)7-12(18)13(8)14-15(19)10-4-2-3-5-11(10)16(14)20/h2-5,14H,6-7H2,1H3. The molecule has 0 bridgehead atoms. The fraction of sp³-hybridized carbons (Fsp3) is 0.250. The maximum Gasteiger partial charge on any atom is 0.178 e. The zero-order valence-corrected chi connectivity index (χ0v) is 10.9. The van der Waals surface area contributed by atoms with Crippen LogP contribution in [0.1, 0.15) is 40.5 Å². The fourth-order valence-electron chi connectivity index (χ4n) is 2.98. The quantitative estimate of drug-likeness (QED) is 0.730. The molecule has 0 N–H and O–H groups in total. The highest BCUT2D eigenvalue weighted by molar-refractivity contribution is 6.32. The number of ketones is 4. The van der Waals surface area contributed by atoms with Crippen molar-refractivity contribution in [3.8, 4) is 0 Å². The van der Waals surface area contributed by atoms with Gasteiger partial charge in [-0.2, -0.15) is 0 Å². The smallest absolute Gasteiger partial charge is 0.178 e. The van der Waals surface area contributed by atoms with Gasteiger partial charge < -0.3 is 0 Å². The lowest BCUT2D eigenvalue weighted by atomic mass is 9.81. The second kappa shape index (κ2) is 4.34. The summed E-state index contributed by atoms with van der Waals surface area (Å²) in [7, 11) is 0. The van der Waals surface area contributed by atoms with Crippen LogP contribution in [0, 0.1) is 5.92 Å². The molecule has 2 aliphatic carbocycles. The summed E-state index contributed by atoms with van der Waals surface area (Å²) >= 11 is 0. The summed E-state index contributed by atoms with van der Waals surface area (Å²) in [6.07, 6.45) is -0.0610. The summed E-state index contributed by atoms with van der Waals surface area (Å²) in [5, 5.41) is 0. The van der Waals surface area contributed by atoms with Gasteiger partial charge in [0, 0.05) is 23.1 Å². The van der Waals surface area contributed by atoms with Crippen LogP contribution < -0.4 is 0 Å². The van der Waals surface area contributed by atoms with Crippen LogP contribution in [-0.2, 0) is 9.59 Å². The number of allylic oxidation sites excluding steroid dienone is 2. The van der Waals surface area contributed by atoms with E-state index < -0.39 is 11.7 Å². The second-order valence-electron chi connectivity index (χ2n) is 5.22. The van der Waals surface area contributed by atoms with Gasteiger partial charge >= 0.3 is 0 Å². The van der Waals surface area contributed by atoms with Crippen molar-refractivity contribution in [1.82, 2.24) is 0 Å². The summed E-state index contributed by atoms with van der Waals surface area (Å²) in [6, 6.07) is 6.59. The first-order valence-electron chi connectivity index (χ1n) is 6.42. The molecule has 0 aromatic heterocycles. The van der Waals surface area contributed by atoms with E-state index in [9.17, 15) is 19.2 Å². The minimum atomic E-state index is -1.05. The van der Waals surface area contributed by atoms with E-state index in [1.54, 1.807) is 31.2 Å². The normalized spacial score (nSPS) is 19.9. The maximum atomic E-state index is 12.4. The van der Waals surface area contributed by atoms with Crippen LogP contribution >= 0.6 is 0 Å². The molecule has 20 heavy (non-hydrogen) atoms. The van der Waals surface area contributed by atoms with Crippen molar-refractivity contribution in [1.29, 1.82) is 0 Å². The Morgan fingerprint density at radius 1 is 0.900 bits per heavy atom. The highest BCUT2D eigenvalue weighted by atomic mass is 16.2. The largest absolute Gasteiger partial charge is 0.299 e. The highest BCUT2D eigenvalue weighted by Crippen LogP contribution is 2.35. The Kier molecular flexibility index (Phi) is 2.74. The topological polar surface area (TPSA) is 68.3 Å². The molecule has 1 aromatic carbocycles. The molecule has 0 heterocycles. The van der Waals surface area contributed by atoms with E-state index >= 15 is 0 Å². The van der Waals surface area contributed by atoms with Crippen LogP contribution in [0.15, 0.2) is 35.4 Å². The van der Waals surface area contributed by atoms with E-state index in [0.29, 0.717) is 16.7 Å². The summed E-state index contributed by atoms with van der Waals surface area (Å²) < 4.78 is 0. The van der Waals surface area contributed by atoms with Crippen molar-refractivity contribution >= 4 is 23.1 Å². The Balaban J connectivity index is 2.12. The Bertz CT molecular complexity index is 674. The van der Waals surface area contributed by atoms with Crippen molar-refractivity contribution in [3.05, 3.63) is 46.5 Å². The number of Topliss-reactive ketones (excluding diaryl/α,β-unsaturated/α-hetero) is 4. The molecular formula is C16H12O4. The molecule has 0 saturated heterocycles. The van der Waals surface area contributed by atoms with E-state index in [1.165, 1.54) is 0 Å². The van der Waals surface area contributed by atoms with E-state index in [-0.39, 0.29) is 35.8 Å². The summed E-state index contributed by atoms with van der Waals surface area (Å²) in [5.41, 5.74) is 1.52. The minimum absolute atomic E-state index is 0.147. The SMILES string of the molecule is CC1=C(C2C(=O)c3ccccc3C2=O)C(=O)CC(=O)C1. The fourth-order valence-corrected chi connectivity index (χ4v) is 2.98. The van der Waals surface area contributed by atoms with Crippen LogP contribution in [-0.4, -0.2) is 23.1 Å². The van der Waals surface area contributed by atoms with Gasteiger partial charge in [-0.3, -0.25) is 19.2 Å². The first-order valence-corrected chi connectivity index (χ1v) is 6.42. The van der Waals surface area contributed by atoms with Crippen molar-refractivity contribution in [2.45, 2.75) is 19.8 Å². The number of rotatable bonds is 1. The molecule has 0 aliphatic heterocycles. The van der Waals surface area contributed by atoms with Crippen molar-refractivity contribution < 1.29 is 19.2 Å². The molecule has 0 fully saturated rings. The van der Waals surface area contributed by atoms with E-state index in [4.69, 9.17) is 0 Å². The van der Waals surface area contributed by atoms with Crippen molar-refractivity contribution in [3.63, 3.8) is 0 Å². The lowest BCUT2D eigenvalue weighted by molar-refractivity contribution is -0.125. The van der Waals surface area contributed by atoms with Crippen LogP contribution in [0.4, 0.5) is 0 Å². The van der Waals surface area contributed by atoms with Gasteiger partial charge in [0.05, 0.1) is 6.42 Å². The van der Waals surface area contributed by atoms with Gasteiger partial charge in [-0.15, -0.1) is 0 Å². The second-order valence-corrected chi connectivity index (χ2v) is 5.22. The molecule has 0 spiro atoms. The molecular weight excluding hydrogens is 256 g/mol. The first kappa shape index (κ1) is 12.7. The van der Waals surface area contributed by atoms with Gasteiger partial charge in [-0.05, 0) is 6.92 Å². The van der Waals surface area contributed by atoms with Crippen LogP contribution in [0.25, 0.3) is 0 Å². The number of hydrogen-bond acceptors (Lipinski definition) is 4. The number of fused-ring (bicyclic) bond motifs is 1. The molecule has 0 amide bonds. The Morgan fingerprint density at radius 3 is 1.95 bits per heavy atom. The predicted molar refractivity (Wildman–Crippen MR) is 70.5 cm³/mol. The Labute approximate surface area is 115 Å². The summed E-state index contributed by atoms with van der Waals surface area (Å²) in [6.45, 7) is 1.65. The molecule has 0 saturated carbocycles. The Morgan fingerprint density at radius 2 is 1.45 bits per heavy atom. The maximum absolute atomic E-state index is 12.4. The van der Waals surface area contributed by atoms with Crippen LogP contribution in [0.5, 0.6) is 0 Å². The third-order valence-electron chi connectivity index (χ3n) is 3.85. The molecule has 2 aliphatic rings. The number of benzene rings is 1. The molecule has 100 valence electrons. The molecule has 0 radical (unpaired) electrons. The zero-order valence-electron chi connectivity index (χ0n) is 10.9. The van der Waals surface area contributed by atoms with E-state index in [2.05, 4.69) is 0 Å². The lowest BCUT2D eigenvalue weighted by Crippen LogP contribution is -2.29. The van der Waals surface area contributed by atoms with Gasteiger partial charge in [0.1, 0.15) is 11.7 Å². The number of hydrogen-bond donors (Lipinski definition) is 0. The average molecular weight is 268 g/mol. The number of carbonyl (C=O) groups is 4. The number of carbonyl (C=O) groups excluding carboxylic acids is 4. The monoisotopic (exact) mass is 268 g/mol. The lowest BCUT2D eigenvalue weighted by Gasteiger charge is -2.19. The third kappa shape index (κ3) is 1.68. The predicted octanol–water partition coefficient (Wildman–Crippen LogP) is 1.93. The summed E-state index contributed by atoms with van der Waals surface area (Å²) in [4.78, 5) is 48.2. The summed E-state index contributed by atoms with van der Waals surface area (Å²) in [5.74, 6) is -2.26. The van der Waals surface area contributed by atoms with Crippen molar-refractivity contribution in [2.75, 3.05) is 0 Å². The van der Waals surface area contributed by atoms with Crippen LogP contribution in [0.2, 0.25) is 0 Å².